The molecular weight excluding hydrogens is 310 g/mol. The minimum Gasteiger partial charge on any atom is -0.459 e. The Hall–Kier alpha value is -2.15. The molecule has 0 aromatic carbocycles. The van der Waals surface area contributed by atoms with Crippen LogP contribution in [0.15, 0.2) is 21.3 Å². The molecule has 0 aliphatic carbocycles. The van der Waals surface area contributed by atoms with Gasteiger partial charge in [0.25, 0.3) is 11.8 Å². The lowest BCUT2D eigenvalue weighted by atomic mass is 9.88. The lowest BCUT2D eigenvalue weighted by Crippen LogP contribution is -2.46. The zero-order valence-electron chi connectivity index (χ0n) is 13.9. The summed E-state index contributed by atoms with van der Waals surface area (Å²) in [6.07, 6.45) is 4.92. The maximum absolute atomic E-state index is 12.5. The highest BCUT2D eigenvalue weighted by Gasteiger charge is 2.45. The molecule has 2 saturated heterocycles. The second-order valence-electron chi connectivity index (χ2n) is 6.73. The van der Waals surface area contributed by atoms with E-state index in [-0.39, 0.29) is 17.6 Å². The molecule has 2 aromatic rings. The second-order valence-corrected chi connectivity index (χ2v) is 6.73. The van der Waals surface area contributed by atoms with Gasteiger partial charge in [0.15, 0.2) is 11.6 Å². The van der Waals surface area contributed by atoms with Gasteiger partial charge in [-0.2, -0.15) is 4.98 Å². The van der Waals surface area contributed by atoms with Crippen LogP contribution in [0.25, 0.3) is 0 Å². The van der Waals surface area contributed by atoms with Crippen molar-refractivity contribution in [3.05, 3.63) is 35.4 Å². The van der Waals surface area contributed by atoms with Crippen molar-refractivity contribution in [3.8, 4) is 0 Å². The van der Waals surface area contributed by atoms with Crippen LogP contribution in [0.4, 0.5) is 0 Å². The van der Waals surface area contributed by atoms with Gasteiger partial charge < -0.3 is 18.6 Å². The predicted octanol–water partition coefficient (Wildman–Crippen LogP) is 2.81. The van der Waals surface area contributed by atoms with E-state index in [1.54, 1.807) is 13.2 Å². The van der Waals surface area contributed by atoms with E-state index in [1.165, 1.54) is 0 Å². The summed E-state index contributed by atoms with van der Waals surface area (Å²) in [7, 11) is 0. The van der Waals surface area contributed by atoms with Gasteiger partial charge >= 0.3 is 0 Å². The van der Waals surface area contributed by atoms with Crippen molar-refractivity contribution in [2.45, 2.75) is 51.2 Å². The third kappa shape index (κ3) is 2.62. The molecule has 4 heterocycles. The lowest BCUT2D eigenvalue weighted by Gasteiger charge is -2.38. The van der Waals surface area contributed by atoms with Crippen LogP contribution in [-0.4, -0.2) is 39.6 Å². The van der Waals surface area contributed by atoms with E-state index in [0.29, 0.717) is 30.6 Å². The number of hydrogen-bond donors (Lipinski definition) is 0. The van der Waals surface area contributed by atoms with Crippen molar-refractivity contribution in [1.82, 2.24) is 15.0 Å². The molecule has 2 aliphatic rings. The first-order valence-corrected chi connectivity index (χ1v) is 8.38. The second kappa shape index (κ2) is 5.73. The Balaban J connectivity index is 1.39. The average molecular weight is 331 g/mol. The van der Waals surface area contributed by atoms with Crippen LogP contribution in [0.5, 0.6) is 0 Å². The summed E-state index contributed by atoms with van der Waals surface area (Å²) in [6.45, 7) is 5.04. The molecule has 1 amide bonds. The maximum Gasteiger partial charge on any atom is 0.289 e. The van der Waals surface area contributed by atoms with E-state index in [4.69, 9.17) is 13.7 Å². The summed E-state index contributed by atoms with van der Waals surface area (Å²) >= 11 is 0. The van der Waals surface area contributed by atoms with Crippen molar-refractivity contribution < 1.29 is 18.5 Å². The zero-order valence-corrected chi connectivity index (χ0v) is 13.9. The Morgan fingerprint density at radius 3 is 2.71 bits per heavy atom. The number of piperidine rings is 1. The van der Waals surface area contributed by atoms with Crippen LogP contribution in [0.1, 0.15) is 59.6 Å². The molecule has 1 unspecified atom stereocenters. The molecule has 1 atom stereocenters. The van der Waals surface area contributed by atoms with E-state index in [0.717, 1.165) is 31.2 Å². The van der Waals surface area contributed by atoms with E-state index in [2.05, 4.69) is 10.1 Å². The third-order valence-electron chi connectivity index (χ3n) is 5.09. The summed E-state index contributed by atoms with van der Waals surface area (Å²) < 4.78 is 16.8. The number of rotatable bonds is 2. The molecule has 0 bridgehead atoms. The molecule has 4 rings (SSSR count). The molecular formula is C17H21N3O4. The largest absolute Gasteiger partial charge is 0.459 e. The Kier molecular flexibility index (Phi) is 3.68. The first kappa shape index (κ1) is 15.4. The topological polar surface area (TPSA) is 81.6 Å². The van der Waals surface area contributed by atoms with Gasteiger partial charge in [0.2, 0.25) is 0 Å². The van der Waals surface area contributed by atoms with Gasteiger partial charge in [-0.25, -0.2) is 0 Å². The molecule has 24 heavy (non-hydrogen) atoms. The Bertz CT molecular complexity index is 743. The van der Waals surface area contributed by atoms with Crippen molar-refractivity contribution >= 4 is 5.91 Å². The summed E-state index contributed by atoms with van der Waals surface area (Å²) in [5, 5.41) is 3.84. The van der Waals surface area contributed by atoms with Crippen LogP contribution in [-0.2, 0) is 4.74 Å². The van der Waals surface area contributed by atoms with Gasteiger partial charge in [0.1, 0.15) is 6.10 Å². The van der Waals surface area contributed by atoms with E-state index in [1.807, 2.05) is 17.9 Å². The number of nitrogens with zero attached hydrogens (tertiary/aromatic N) is 3. The van der Waals surface area contributed by atoms with Crippen molar-refractivity contribution in [3.63, 3.8) is 0 Å². The first-order valence-electron chi connectivity index (χ1n) is 8.38. The summed E-state index contributed by atoms with van der Waals surface area (Å²) in [5.74, 6) is 1.60. The smallest absolute Gasteiger partial charge is 0.289 e. The molecule has 0 radical (unpaired) electrons. The molecule has 0 saturated carbocycles. The fraction of sp³-hybridized carbons (Fsp3) is 0.588. The van der Waals surface area contributed by atoms with Gasteiger partial charge in [-0.3, -0.25) is 4.79 Å². The van der Waals surface area contributed by atoms with Crippen molar-refractivity contribution in [2.24, 2.45) is 0 Å². The normalized spacial score (nSPS) is 23.1. The minimum atomic E-state index is -0.179. The van der Waals surface area contributed by atoms with E-state index >= 15 is 0 Å². The number of hydrogen-bond acceptors (Lipinski definition) is 6. The summed E-state index contributed by atoms with van der Waals surface area (Å²) in [4.78, 5) is 18.7. The van der Waals surface area contributed by atoms with Crippen LogP contribution in [0.3, 0.4) is 0 Å². The SMILES string of the molecule is Cc1noc(C2CCC3(CCN(C(=O)c4occc4C)CC3)O2)n1. The fourth-order valence-corrected chi connectivity index (χ4v) is 3.65. The lowest BCUT2D eigenvalue weighted by molar-refractivity contribution is -0.0822. The number of aryl methyl sites for hydroxylation is 2. The van der Waals surface area contributed by atoms with Gasteiger partial charge in [0, 0.05) is 18.7 Å². The van der Waals surface area contributed by atoms with Crippen LogP contribution >= 0.6 is 0 Å². The van der Waals surface area contributed by atoms with Crippen LogP contribution in [0, 0.1) is 13.8 Å². The monoisotopic (exact) mass is 331 g/mol. The molecule has 1 spiro atoms. The summed E-state index contributed by atoms with van der Waals surface area (Å²) in [6, 6.07) is 1.82. The zero-order chi connectivity index (χ0) is 16.7. The van der Waals surface area contributed by atoms with Crippen molar-refractivity contribution in [2.75, 3.05) is 13.1 Å². The highest BCUT2D eigenvalue weighted by atomic mass is 16.5. The molecule has 2 aromatic heterocycles. The quantitative estimate of drug-likeness (QED) is 0.841. The fourth-order valence-electron chi connectivity index (χ4n) is 3.65. The molecule has 2 fully saturated rings. The molecule has 0 N–H and O–H groups in total. The number of aromatic nitrogens is 2. The van der Waals surface area contributed by atoms with E-state index < -0.39 is 0 Å². The molecule has 7 nitrogen and oxygen atoms in total. The highest BCUT2D eigenvalue weighted by molar-refractivity contribution is 5.92. The Morgan fingerprint density at radius 1 is 1.29 bits per heavy atom. The van der Waals surface area contributed by atoms with Crippen molar-refractivity contribution in [1.29, 1.82) is 0 Å². The standard InChI is InChI=1S/C17H21N3O4/c1-11-4-10-22-14(11)16(21)20-8-6-17(7-9-20)5-3-13(23-17)15-18-12(2)19-24-15/h4,10,13H,3,5-9H2,1-2H3. The van der Waals surface area contributed by atoms with Gasteiger partial charge in [0.05, 0.1) is 11.9 Å². The average Bonchev–Trinajstić information content (AvgIpc) is 3.28. The Morgan fingerprint density at radius 2 is 2.08 bits per heavy atom. The van der Waals surface area contributed by atoms with E-state index in [9.17, 15) is 4.79 Å². The molecule has 2 aliphatic heterocycles. The number of ether oxygens (including phenoxy) is 1. The maximum atomic E-state index is 12.5. The number of carbonyl (C=O) groups excluding carboxylic acids is 1. The first-order chi connectivity index (χ1) is 11.6. The molecule has 128 valence electrons. The van der Waals surface area contributed by atoms with Crippen LogP contribution in [0.2, 0.25) is 0 Å². The highest BCUT2D eigenvalue weighted by Crippen LogP contribution is 2.44. The van der Waals surface area contributed by atoms with Crippen LogP contribution < -0.4 is 0 Å². The minimum absolute atomic E-state index is 0.0329. The number of likely N-dealkylation sites (tertiary alicyclic amines) is 1. The number of carbonyl (C=O) groups is 1. The van der Waals surface area contributed by atoms with Gasteiger partial charge in [-0.1, -0.05) is 5.16 Å². The van der Waals surface area contributed by atoms with Gasteiger partial charge in [-0.15, -0.1) is 0 Å². The van der Waals surface area contributed by atoms with Gasteiger partial charge in [-0.05, 0) is 45.6 Å². The number of amides is 1. The summed E-state index contributed by atoms with van der Waals surface area (Å²) in [5.41, 5.74) is 0.700. The number of furan rings is 1. The Labute approximate surface area is 140 Å². The molecule has 7 heteroatoms. The third-order valence-corrected chi connectivity index (χ3v) is 5.09. The predicted molar refractivity (Wildman–Crippen MR) is 83.4 cm³/mol.